The third kappa shape index (κ3) is 4.41. The number of ether oxygens (including phenoxy) is 1. The average Bonchev–Trinajstić information content (AvgIpc) is 3.04. The second-order valence-electron chi connectivity index (χ2n) is 7.19. The molecule has 0 aliphatic carbocycles. The normalized spacial score (nSPS) is 20.8. The van der Waals surface area contributed by atoms with E-state index in [1.807, 2.05) is 4.90 Å². The van der Waals surface area contributed by atoms with E-state index in [4.69, 9.17) is 10.5 Å². The van der Waals surface area contributed by atoms with Crippen molar-refractivity contribution in [3.8, 4) is 16.9 Å². The molecule has 4 nitrogen and oxygen atoms in total. The van der Waals surface area contributed by atoms with Crippen molar-refractivity contribution in [3.05, 3.63) is 53.6 Å². The van der Waals surface area contributed by atoms with E-state index in [0.29, 0.717) is 30.0 Å². The lowest BCUT2D eigenvalue weighted by atomic mass is 9.90. The Kier molecular flexibility index (Phi) is 7.14. The summed E-state index contributed by atoms with van der Waals surface area (Å²) in [6, 6.07) is 8.96. The van der Waals surface area contributed by atoms with Gasteiger partial charge in [-0.2, -0.15) is 12.6 Å². The number of nitrogens with zero attached hydrogens (tertiary/aromatic N) is 1. The fourth-order valence-electron chi connectivity index (χ4n) is 4.02. The van der Waals surface area contributed by atoms with Crippen molar-refractivity contribution in [2.45, 2.75) is 31.2 Å². The summed E-state index contributed by atoms with van der Waals surface area (Å²) < 4.78 is 34.5. The molecule has 156 valence electrons. The van der Waals surface area contributed by atoms with Gasteiger partial charge in [0.15, 0.2) is 0 Å². The quantitative estimate of drug-likeness (QED) is 0.723. The minimum absolute atomic E-state index is 0.0629. The van der Waals surface area contributed by atoms with Gasteiger partial charge in [-0.05, 0) is 49.3 Å². The highest BCUT2D eigenvalue weighted by molar-refractivity contribution is 7.79. The molecule has 29 heavy (non-hydrogen) atoms. The maximum atomic E-state index is 14.4. The number of thiol groups is 1. The SMILES string of the molecule is CS.N[C@H]1CCCN(C(=O)C2COc3cccc(-c4c(F)cccc4F)c32)CC1. The molecule has 1 amide bonds. The maximum absolute atomic E-state index is 14.4. The van der Waals surface area contributed by atoms with Crippen LogP contribution in [0, 0.1) is 11.6 Å². The number of fused-ring (bicyclic) bond motifs is 1. The number of benzene rings is 2. The molecule has 1 saturated heterocycles. The smallest absolute Gasteiger partial charge is 0.233 e. The first kappa shape index (κ1) is 21.6. The Hall–Kier alpha value is -2.12. The van der Waals surface area contributed by atoms with Crippen LogP contribution in [0.5, 0.6) is 5.75 Å². The van der Waals surface area contributed by atoms with Crippen LogP contribution in [0.4, 0.5) is 8.78 Å². The standard InChI is InChI=1S/C21H22F2N2O2.CH4S/c22-16-6-2-7-17(23)20(16)14-5-1-8-18-19(14)15(12-27-18)21(26)25-10-3-4-13(24)9-11-25;1-2/h1-2,5-8,13,15H,3-4,9-12,24H2;2H,1H3/t13-,15?;/m0./s1. The summed E-state index contributed by atoms with van der Waals surface area (Å²) >= 11 is 3.53. The number of hydrogen-bond donors (Lipinski definition) is 2. The van der Waals surface area contributed by atoms with Crippen LogP contribution in [0.2, 0.25) is 0 Å². The third-order valence-corrected chi connectivity index (χ3v) is 5.43. The first-order valence-corrected chi connectivity index (χ1v) is 10.6. The lowest BCUT2D eigenvalue weighted by Gasteiger charge is -2.24. The van der Waals surface area contributed by atoms with E-state index in [-0.39, 0.29) is 24.1 Å². The highest BCUT2D eigenvalue weighted by Gasteiger charge is 2.37. The molecule has 2 aliphatic heterocycles. The van der Waals surface area contributed by atoms with Crippen molar-refractivity contribution in [1.82, 2.24) is 4.90 Å². The van der Waals surface area contributed by atoms with Crippen LogP contribution in [0.1, 0.15) is 30.7 Å². The van der Waals surface area contributed by atoms with Crippen molar-refractivity contribution in [2.24, 2.45) is 5.73 Å². The highest BCUT2D eigenvalue weighted by Crippen LogP contribution is 2.43. The molecule has 0 aromatic heterocycles. The molecule has 2 heterocycles. The predicted molar refractivity (Wildman–Crippen MR) is 113 cm³/mol. The molecule has 1 unspecified atom stereocenters. The summed E-state index contributed by atoms with van der Waals surface area (Å²) in [6.45, 7) is 1.43. The predicted octanol–water partition coefficient (Wildman–Crippen LogP) is 3.99. The summed E-state index contributed by atoms with van der Waals surface area (Å²) in [6.07, 6.45) is 4.21. The monoisotopic (exact) mass is 420 g/mol. The Balaban J connectivity index is 0.00000117. The Morgan fingerprint density at radius 1 is 1.10 bits per heavy atom. The van der Waals surface area contributed by atoms with Gasteiger partial charge in [-0.25, -0.2) is 8.78 Å². The van der Waals surface area contributed by atoms with Crippen molar-refractivity contribution in [3.63, 3.8) is 0 Å². The fourth-order valence-corrected chi connectivity index (χ4v) is 4.02. The van der Waals surface area contributed by atoms with E-state index >= 15 is 0 Å². The van der Waals surface area contributed by atoms with Crippen molar-refractivity contribution in [1.29, 1.82) is 0 Å². The number of nitrogens with two attached hydrogens (primary N) is 1. The molecule has 4 rings (SSSR count). The molecule has 2 aromatic rings. The molecule has 1 fully saturated rings. The molecule has 7 heteroatoms. The molecule has 0 saturated carbocycles. The van der Waals surface area contributed by atoms with Gasteiger partial charge in [0.05, 0.1) is 5.56 Å². The molecule has 2 N–H and O–H groups in total. The van der Waals surface area contributed by atoms with Crippen molar-refractivity contribution < 1.29 is 18.3 Å². The lowest BCUT2D eigenvalue weighted by Crippen LogP contribution is -2.37. The summed E-state index contributed by atoms with van der Waals surface area (Å²) in [7, 11) is 0. The van der Waals surface area contributed by atoms with Gasteiger partial charge < -0.3 is 15.4 Å². The van der Waals surface area contributed by atoms with Gasteiger partial charge in [-0.3, -0.25) is 4.79 Å². The molecule has 2 aromatic carbocycles. The molecular weight excluding hydrogens is 394 g/mol. The van der Waals surface area contributed by atoms with Gasteiger partial charge in [-0.15, -0.1) is 0 Å². The maximum Gasteiger partial charge on any atom is 0.233 e. The van der Waals surface area contributed by atoms with E-state index in [0.717, 1.165) is 19.3 Å². The van der Waals surface area contributed by atoms with E-state index in [1.54, 1.807) is 24.5 Å². The van der Waals surface area contributed by atoms with Gasteiger partial charge in [0.1, 0.15) is 29.9 Å². The van der Waals surface area contributed by atoms with Gasteiger partial charge in [-0.1, -0.05) is 18.2 Å². The minimum Gasteiger partial charge on any atom is -0.492 e. The molecule has 0 bridgehead atoms. The summed E-state index contributed by atoms with van der Waals surface area (Å²) in [5.74, 6) is -1.42. The molecular formula is C22H26F2N2O2S. The summed E-state index contributed by atoms with van der Waals surface area (Å²) in [4.78, 5) is 15.0. The van der Waals surface area contributed by atoms with Crippen LogP contribution in [0.3, 0.4) is 0 Å². The minimum atomic E-state index is -0.651. The van der Waals surface area contributed by atoms with E-state index in [2.05, 4.69) is 12.6 Å². The van der Waals surface area contributed by atoms with Crippen LogP contribution >= 0.6 is 12.6 Å². The highest BCUT2D eigenvalue weighted by atomic mass is 32.1. The second kappa shape index (κ2) is 9.59. The second-order valence-corrected chi connectivity index (χ2v) is 7.19. The number of carbonyl (C=O) groups excluding carboxylic acids is 1. The average molecular weight is 421 g/mol. The zero-order chi connectivity index (χ0) is 21.0. The first-order valence-electron chi connectivity index (χ1n) is 9.75. The van der Waals surface area contributed by atoms with Crippen LogP contribution in [-0.2, 0) is 4.79 Å². The Morgan fingerprint density at radius 3 is 2.52 bits per heavy atom. The van der Waals surface area contributed by atoms with E-state index in [9.17, 15) is 13.6 Å². The van der Waals surface area contributed by atoms with Gasteiger partial charge in [0.2, 0.25) is 5.91 Å². The lowest BCUT2D eigenvalue weighted by molar-refractivity contribution is -0.133. The summed E-state index contributed by atoms with van der Waals surface area (Å²) in [5, 5.41) is 0. The Bertz CT molecular complexity index is 858. The zero-order valence-corrected chi connectivity index (χ0v) is 17.3. The van der Waals surface area contributed by atoms with Gasteiger partial charge in [0.25, 0.3) is 0 Å². The van der Waals surface area contributed by atoms with Gasteiger partial charge in [0, 0.05) is 24.7 Å². The molecule has 2 atom stereocenters. The molecule has 2 aliphatic rings. The Morgan fingerprint density at radius 2 is 1.79 bits per heavy atom. The van der Waals surface area contributed by atoms with Crippen LogP contribution in [0.15, 0.2) is 36.4 Å². The zero-order valence-electron chi connectivity index (χ0n) is 16.4. The fraction of sp³-hybridized carbons (Fsp3) is 0.409. The first-order chi connectivity index (χ1) is 14.1. The van der Waals surface area contributed by atoms with E-state index in [1.165, 1.54) is 18.2 Å². The van der Waals surface area contributed by atoms with E-state index < -0.39 is 17.6 Å². The summed E-state index contributed by atoms with van der Waals surface area (Å²) in [5.41, 5.74) is 6.85. The number of rotatable bonds is 2. The molecule has 0 radical (unpaired) electrons. The van der Waals surface area contributed by atoms with Crippen molar-refractivity contribution in [2.75, 3.05) is 26.0 Å². The van der Waals surface area contributed by atoms with Crippen LogP contribution < -0.4 is 10.5 Å². The Labute approximate surface area is 175 Å². The topological polar surface area (TPSA) is 55.6 Å². The van der Waals surface area contributed by atoms with Gasteiger partial charge >= 0.3 is 0 Å². The number of carbonyl (C=O) groups is 1. The number of likely N-dealkylation sites (tertiary alicyclic amines) is 1. The third-order valence-electron chi connectivity index (χ3n) is 5.43. The largest absolute Gasteiger partial charge is 0.492 e. The van der Waals surface area contributed by atoms with Crippen LogP contribution in [0.25, 0.3) is 11.1 Å². The number of amides is 1. The number of hydrogen-bond acceptors (Lipinski definition) is 4. The molecule has 0 spiro atoms. The van der Waals surface area contributed by atoms with Crippen LogP contribution in [-0.4, -0.2) is 42.8 Å². The number of halogens is 2. The van der Waals surface area contributed by atoms with Crippen molar-refractivity contribution >= 4 is 18.5 Å².